The number of unbranched alkanes of at least 4 members (excludes halogenated alkanes) is 3. The van der Waals surface area contributed by atoms with Crippen LogP contribution in [-0.4, -0.2) is 31.5 Å². The molecule has 0 spiro atoms. The van der Waals surface area contributed by atoms with Gasteiger partial charge >= 0.3 is 165 Å². The van der Waals surface area contributed by atoms with Gasteiger partial charge in [0.15, 0.2) is 0 Å². The summed E-state index contributed by atoms with van der Waals surface area (Å²) in [6.45, 7) is 8.37. The Labute approximate surface area is 164 Å². The van der Waals surface area contributed by atoms with Gasteiger partial charge in [-0.2, -0.15) is 0 Å². The number of esters is 1. The zero-order chi connectivity index (χ0) is 19.4. The molecule has 1 atom stereocenters. The summed E-state index contributed by atoms with van der Waals surface area (Å²) >= 11 is -2.73. The van der Waals surface area contributed by atoms with Gasteiger partial charge in [-0.05, 0) is 0 Å². The maximum atomic E-state index is 12.0. The van der Waals surface area contributed by atoms with Crippen LogP contribution in [-0.2, 0) is 9.53 Å². The first-order valence-corrected chi connectivity index (χ1v) is 18.0. The number of benzene rings is 1. The van der Waals surface area contributed by atoms with Crippen molar-refractivity contribution in [3.8, 4) is 5.75 Å². The molecule has 0 radical (unpaired) electrons. The Balaban J connectivity index is 3.31. The maximum absolute atomic E-state index is 12.0. The Kier molecular flexibility index (Phi) is 11.3. The van der Waals surface area contributed by atoms with Gasteiger partial charge < -0.3 is 0 Å². The Morgan fingerprint density at radius 3 is 1.73 bits per heavy atom. The van der Waals surface area contributed by atoms with Crippen molar-refractivity contribution in [1.82, 2.24) is 0 Å². The van der Waals surface area contributed by atoms with Crippen LogP contribution in [0.4, 0.5) is 0 Å². The average Bonchev–Trinajstić information content (AvgIpc) is 2.66. The van der Waals surface area contributed by atoms with Crippen LogP contribution in [0.5, 0.6) is 5.75 Å². The van der Waals surface area contributed by atoms with Gasteiger partial charge in [0.05, 0.1) is 0 Å². The quantitative estimate of drug-likeness (QED) is 0.239. The van der Waals surface area contributed by atoms with E-state index in [0.717, 1.165) is 5.75 Å². The minimum absolute atomic E-state index is 0.0253. The SMILES string of the molecule is CCC[CH2][Sn]([CH2]CCC)([CH2]CCC)[CH](OC(C)=O)c1ccc(OC)cc1. The standard InChI is InChI=1S/C10H11O3.3C4H9.Sn/c1-8(11)13-7-9-3-5-10(12-2)6-4-9;3*1-3-4-2;/h3-7H,1-2H3;3*1,3-4H2,2H3;. The second-order valence-corrected chi connectivity index (χ2v) is 21.0. The van der Waals surface area contributed by atoms with Crippen LogP contribution in [0.3, 0.4) is 0 Å². The average molecular weight is 469 g/mol. The second-order valence-electron chi connectivity index (χ2n) is 7.44. The molecule has 0 amide bonds. The third kappa shape index (κ3) is 7.13. The van der Waals surface area contributed by atoms with Crippen molar-refractivity contribution in [3.05, 3.63) is 29.8 Å². The van der Waals surface area contributed by atoms with E-state index in [1.54, 1.807) is 14.0 Å². The van der Waals surface area contributed by atoms with E-state index in [9.17, 15) is 4.79 Å². The predicted molar refractivity (Wildman–Crippen MR) is 112 cm³/mol. The molecule has 1 unspecified atom stereocenters. The summed E-state index contributed by atoms with van der Waals surface area (Å²) in [6, 6.07) is 8.23. The summed E-state index contributed by atoms with van der Waals surface area (Å²) in [5.74, 6) is 0.711. The number of carbonyl (C=O) groups is 1. The van der Waals surface area contributed by atoms with Crippen molar-refractivity contribution < 1.29 is 14.3 Å². The Hall–Kier alpha value is -0.711. The summed E-state index contributed by atoms with van der Waals surface area (Å²) in [6.07, 6.45) is 7.43. The van der Waals surface area contributed by atoms with Gasteiger partial charge in [-0.15, -0.1) is 0 Å². The third-order valence-corrected chi connectivity index (χ3v) is 21.4. The van der Waals surface area contributed by atoms with Crippen LogP contribution in [0, 0.1) is 0 Å². The van der Waals surface area contributed by atoms with E-state index >= 15 is 0 Å². The van der Waals surface area contributed by atoms with E-state index in [2.05, 4.69) is 32.9 Å². The summed E-state index contributed by atoms with van der Waals surface area (Å²) in [5, 5.41) is 0. The first-order valence-electron chi connectivity index (χ1n) is 10.3. The van der Waals surface area contributed by atoms with Crippen LogP contribution in [0.15, 0.2) is 24.3 Å². The molecule has 0 heterocycles. The van der Waals surface area contributed by atoms with Crippen LogP contribution >= 0.6 is 0 Å². The molecule has 0 aliphatic carbocycles. The second kappa shape index (κ2) is 12.6. The van der Waals surface area contributed by atoms with Crippen molar-refractivity contribution in [2.24, 2.45) is 0 Å². The Morgan fingerprint density at radius 2 is 1.38 bits per heavy atom. The Bertz CT molecular complexity index is 491. The monoisotopic (exact) mass is 470 g/mol. The van der Waals surface area contributed by atoms with Gasteiger partial charge in [0.25, 0.3) is 0 Å². The zero-order valence-corrected chi connectivity index (χ0v) is 20.3. The van der Waals surface area contributed by atoms with Crippen LogP contribution < -0.4 is 4.74 Å². The molecule has 0 aliphatic rings. The van der Waals surface area contributed by atoms with Crippen molar-refractivity contribution in [2.75, 3.05) is 7.11 Å². The molecular weight excluding hydrogens is 431 g/mol. The van der Waals surface area contributed by atoms with E-state index in [-0.39, 0.29) is 10.1 Å². The molecule has 3 nitrogen and oxygen atoms in total. The zero-order valence-electron chi connectivity index (χ0n) is 17.5. The summed E-state index contributed by atoms with van der Waals surface area (Å²) in [7, 11) is 1.69. The van der Waals surface area contributed by atoms with Gasteiger partial charge in [0.2, 0.25) is 0 Å². The van der Waals surface area contributed by atoms with Gasteiger partial charge in [0, 0.05) is 0 Å². The molecule has 1 aromatic rings. The number of carbonyl (C=O) groups excluding carboxylic acids is 1. The molecule has 1 rings (SSSR count). The van der Waals surface area contributed by atoms with E-state index in [0.29, 0.717) is 0 Å². The fraction of sp³-hybridized carbons (Fsp3) is 0.682. The van der Waals surface area contributed by atoms with Crippen LogP contribution in [0.1, 0.15) is 75.9 Å². The molecule has 0 fully saturated rings. The van der Waals surface area contributed by atoms with E-state index in [1.807, 2.05) is 12.1 Å². The summed E-state index contributed by atoms with van der Waals surface area (Å²) < 4.78 is 15.4. The summed E-state index contributed by atoms with van der Waals surface area (Å²) in [4.78, 5) is 12.0. The van der Waals surface area contributed by atoms with E-state index in [1.165, 1.54) is 57.4 Å². The number of hydrogen-bond acceptors (Lipinski definition) is 3. The fourth-order valence-electron chi connectivity index (χ4n) is 3.85. The third-order valence-electron chi connectivity index (χ3n) is 5.34. The number of ether oxygens (including phenoxy) is 2. The first kappa shape index (κ1) is 23.3. The Morgan fingerprint density at radius 1 is 0.923 bits per heavy atom. The van der Waals surface area contributed by atoms with Crippen molar-refractivity contribution >= 4 is 24.3 Å². The van der Waals surface area contributed by atoms with Gasteiger partial charge in [0.1, 0.15) is 0 Å². The molecule has 0 aromatic heterocycles. The molecular formula is C22H38O3Sn. The van der Waals surface area contributed by atoms with E-state index < -0.39 is 18.4 Å². The van der Waals surface area contributed by atoms with Crippen LogP contribution in [0.25, 0.3) is 0 Å². The number of rotatable bonds is 13. The molecule has 0 aliphatic heterocycles. The van der Waals surface area contributed by atoms with Gasteiger partial charge in [-0.3, -0.25) is 0 Å². The normalized spacial score (nSPS) is 12.7. The molecule has 26 heavy (non-hydrogen) atoms. The summed E-state index contributed by atoms with van der Waals surface area (Å²) in [5.41, 5.74) is 1.18. The molecule has 148 valence electrons. The fourth-order valence-corrected chi connectivity index (χ4v) is 21.0. The molecule has 1 aromatic carbocycles. The van der Waals surface area contributed by atoms with Gasteiger partial charge in [-0.1, -0.05) is 0 Å². The molecule has 4 heteroatoms. The first-order chi connectivity index (χ1) is 12.5. The van der Waals surface area contributed by atoms with Crippen molar-refractivity contribution in [1.29, 1.82) is 0 Å². The predicted octanol–water partition coefficient (Wildman–Crippen LogP) is 6.69. The van der Waals surface area contributed by atoms with E-state index in [4.69, 9.17) is 9.47 Å². The van der Waals surface area contributed by atoms with Crippen LogP contribution in [0.2, 0.25) is 13.3 Å². The topological polar surface area (TPSA) is 35.5 Å². The number of methoxy groups -OCH3 is 1. The molecule has 0 bridgehead atoms. The molecule has 0 saturated carbocycles. The molecule has 0 saturated heterocycles. The molecule has 0 N–H and O–H groups in total. The number of hydrogen-bond donors (Lipinski definition) is 0. The minimum atomic E-state index is -2.73. The van der Waals surface area contributed by atoms with Gasteiger partial charge in [-0.25, -0.2) is 0 Å². The van der Waals surface area contributed by atoms with Crippen molar-refractivity contribution in [3.63, 3.8) is 0 Å². The van der Waals surface area contributed by atoms with Crippen molar-refractivity contribution in [2.45, 2.75) is 83.6 Å².